The lowest BCUT2D eigenvalue weighted by molar-refractivity contribution is 0.546. The van der Waals surface area contributed by atoms with Crippen LogP contribution in [0.4, 0.5) is 0 Å². The topological polar surface area (TPSA) is 26.0 Å². The molecule has 1 aromatic carbocycles. The maximum atomic E-state index is 6.12. The molecule has 0 aromatic heterocycles. The normalized spacial score (nSPS) is 13.0. The van der Waals surface area contributed by atoms with Gasteiger partial charge in [-0.05, 0) is 42.9 Å². The lowest BCUT2D eigenvalue weighted by atomic mass is 9.83. The SMILES string of the molecule is Cc1cc(C(C)(C)C)ccc1C(C)(C)N. The van der Waals surface area contributed by atoms with Crippen LogP contribution < -0.4 is 5.73 Å². The summed E-state index contributed by atoms with van der Waals surface area (Å²) in [7, 11) is 0. The van der Waals surface area contributed by atoms with E-state index in [1.54, 1.807) is 0 Å². The van der Waals surface area contributed by atoms with Crippen LogP contribution in [0.15, 0.2) is 18.2 Å². The minimum atomic E-state index is -0.250. The number of hydrogen-bond acceptors (Lipinski definition) is 1. The predicted molar refractivity (Wildman–Crippen MR) is 67.1 cm³/mol. The summed E-state index contributed by atoms with van der Waals surface area (Å²) in [6.07, 6.45) is 0. The molecule has 84 valence electrons. The van der Waals surface area contributed by atoms with Crippen molar-refractivity contribution in [3.05, 3.63) is 34.9 Å². The van der Waals surface area contributed by atoms with Gasteiger partial charge in [-0.3, -0.25) is 0 Å². The highest BCUT2D eigenvalue weighted by atomic mass is 14.7. The van der Waals surface area contributed by atoms with Gasteiger partial charge in [0.15, 0.2) is 0 Å². The maximum Gasteiger partial charge on any atom is 0.0355 e. The van der Waals surface area contributed by atoms with E-state index in [0.29, 0.717) is 0 Å². The van der Waals surface area contributed by atoms with E-state index < -0.39 is 0 Å². The van der Waals surface area contributed by atoms with Crippen molar-refractivity contribution in [3.63, 3.8) is 0 Å². The first kappa shape index (κ1) is 12.3. The van der Waals surface area contributed by atoms with Gasteiger partial charge in [0.1, 0.15) is 0 Å². The Hall–Kier alpha value is -0.820. The quantitative estimate of drug-likeness (QED) is 0.746. The molecule has 0 aliphatic rings. The lowest BCUT2D eigenvalue weighted by Gasteiger charge is -2.25. The summed E-state index contributed by atoms with van der Waals surface area (Å²) < 4.78 is 0. The van der Waals surface area contributed by atoms with Gasteiger partial charge in [-0.15, -0.1) is 0 Å². The minimum Gasteiger partial charge on any atom is -0.322 e. The van der Waals surface area contributed by atoms with Crippen molar-refractivity contribution < 1.29 is 0 Å². The Morgan fingerprint density at radius 1 is 1.00 bits per heavy atom. The van der Waals surface area contributed by atoms with Crippen LogP contribution in [0.5, 0.6) is 0 Å². The summed E-state index contributed by atoms with van der Waals surface area (Å²) in [6.45, 7) is 12.9. The molecule has 0 heterocycles. The fraction of sp³-hybridized carbons (Fsp3) is 0.571. The van der Waals surface area contributed by atoms with E-state index in [0.717, 1.165) is 0 Å². The average Bonchev–Trinajstić information content (AvgIpc) is 1.99. The van der Waals surface area contributed by atoms with Gasteiger partial charge in [0.2, 0.25) is 0 Å². The van der Waals surface area contributed by atoms with Crippen molar-refractivity contribution >= 4 is 0 Å². The number of rotatable bonds is 1. The number of benzene rings is 1. The first-order valence-electron chi connectivity index (χ1n) is 5.53. The van der Waals surface area contributed by atoms with E-state index in [2.05, 4.69) is 45.9 Å². The van der Waals surface area contributed by atoms with Crippen LogP contribution in [0.25, 0.3) is 0 Å². The van der Waals surface area contributed by atoms with Crippen molar-refractivity contribution in [3.8, 4) is 0 Å². The van der Waals surface area contributed by atoms with Gasteiger partial charge in [-0.25, -0.2) is 0 Å². The molecule has 0 amide bonds. The predicted octanol–water partition coefficient (Wildman–Crippen LogP) is 3.49. The first-order valence-corrected chi connectivity index (χ1v) is 5.53. The summed E-state index contributed by atoms with van der Waals surface area (Å²) in [5.74, 6) is 0. The van der Waals surface area contributed by atoms with Crippen molar-refractivity contribution in [2.75, 3.05) is 0 Å². The Labute approximate surface area is 93.7 Å². The summed E-state index contributed by atoms with van der Waals surface area (Å²) in [5.41, 5.74) is 9.96. The van der Waals surface area contributed by atoms with Gasteiger partial charge in [0.25, 0.3) is 0 Å². The van der Waals surface area contributed by atoms with Crippen LogP contribution in [0.1, 0.15) is 51.3 Å². The minimum absolute atomic E-state index is 0.210. The fourth-order valence-corrected chi connectivity index (χ4v) is 1.85. The second kappa shape index (κ2) is 3.64. The van der Waals surface area contributed by atoms with Gasteiger partial charge in [-0.1, -0.05) is 39.0 Å². The number of hydrogen-bond donors (Lipinski definition) is 1. The van der Waals surface area contributed by atoms with Crippen LogP contribution in [0.2, 0.25) is 0 Å². The Balaban J connectivity index is 3.21. The third-order valence-corrected chi connectivity index (χ3v) is 2.79. The maximum absolute atomic E-state index is 6.12. The van der Waals surface area contributed by atoms with Crippen LogP contribution in [0, 0.1) is 6.92 Å². The van der Waals surface area contributed by atoms with E-state index in [4.69, 9.17) is 5.73 Å². The van der Waals surface area contributed by atoms with Gasteiger partial charge in [-0.2, -0.15) is 0 Å². The van der Waals surface area contributed by atoms with Crippen molar-refractivity contribution in [1.29, 1.82) is 0 Å². The molecular weight excluding hydrogens is 182 g/mol. The molecule has 1 nitrogen and oxygen atoms in total. The van der Waals surface area contributed by atoms with Crippen molar-refractivity contribution in [2.45, 2.75) is 52.5 Å². The third kappa shape index (κ3) is 2.82. The second-order valence-electron chi connectivity index (χ2n) is 6.00. The van der Waals surface area contributed by atoms with Crippen LogP contribution in [0.3, 0.4) is 0 Å². The summed E-state index contributed by atoms with van der Waals surface area (Å²) >= 11 is 0. The zero-order chi connectivity index (χ0) is 11.9. The fourth-order valence-electron chi connectivity index (χ4n) is 1.85. The van der Waals surface area contributed by atoms with E-state index in [9.17, 15) is 0 Å². The molecule has 0 aliphatic heterocycles. The highest BCUT2D eigenvalue weighted by Gasteiger charge is 2.19. The van der Waals surface area contributed by atoms with Crippen LogP contribution in [-0.4, -0.2) is 0 Å². The molecule has 1 rings (SSSR count). The summed E-state index contributed by atoms with van der Waals surface area (Å²) in [4.78, 5) is 0. The van der Waals surface area contributed by atoms with Gasteiger partial charge in [0.05, 0.1) is 0 Å². The van der Waals surface area contributed by atoms with E-state index in [-0.39, 0.29) is 11.0 Å². The zero-order valence-electron chi connectivity index (χ0n) is 10.8. The van der Waals surface area contributed by atoms with E-state index in [1.807, 2.05) is 13.8 Å². The second-order valence-corrected chi connectivity index (χ2v) is 6.00. The van der Waals surface area contributed by atoms with Crippen molar-refractivity contribution in [1.82, 2.24) is 0 Å². The first-order chi connectivity index (χ1) is 6.62. The van der Waals surface area contributed by atoms with Gasteiger partial charge in [0, 0.05) is 5.54 Å². The number of nitrogens with two attached hydrogens (primary N) is 1. The molecule has 0 unspecified atom stereocenters. The molecule has 2 N–H and O–H groups in total. The van der Waals surface area contributed by atoms with Crippen LogP contribution in [-0.2, 0) is 11.0 Å². The molecule has 0 spiro atoms. The molecule has 0 atom stereocenters. The Morgan fingerprint density at radius 2 is 1.53 bits per heavy atom. The van der Waals surface area contributed by atoms with Gasteiger partial charge < -0.3 is 5.73 Å². The highest BCUT2D eigenvalue weighted by molar-refractivity contribution is 5.37. The van der Waals surface area contributed by atoms with E-state index >= 15 is 0 Å². The van der Waals surface area contributed by atoms with E-state index in [1.165, 1.54) is 16.7 Å². The molecule has 0 saturated carbocycles. The zero-order valence-corrected chi connectivity index (χ0v) is 10.8. The molecule has 0 bridgehead atoms. The summed E-state index contributed by atoms with van der Waals surface area (Å²) in [5, 5.41) is 0. The largest absolute Gasteiger partial charge is 0.322 e. The highest BCUT2D eigenvalue weighted by Crippen LogP contribution is 2.27. The lowest BCUT2D eigenvalue weighted by Crippen LogP contribution is -2.29. The molecule has 1 aromatic rings. The molecule has 0 saturated heterocycles. The molecule has 0 radical (unpaired) electrons. The Bertz CT molecular complexity index is 351. The van der Waals surface area contributed by atoms with Gasteiger partial charge >= 0.3 is 0 Å². The molecule has 1 heteroatoms. The standard InChI is InChI=1S/C14H23N/c1-10-9-11(13(2,3)4)7-8-12(10)14(5,6)15/h7-9H,15H2,1-6H3. The van der Waals surface area contributed by atoms with Crippen molar-refractivity contribution in [2.24, 2.45) is 5.73 Å². The van der Waals surface area contributed by atoms with Crippen LogP contribution >= 0.6 is 0 Å². The number of aryl methyl sites for hydroxylation is 1. The monoisotopic (exact) mass is 205 g/mol. The third-order valence-electron chi connectivity index (χ3n) is 2.79. The Morgan fingerprint density at radius 3 is 1.87 bits per heavy atom. The molecular formula is C14H23N. The molecule has 0 aliphatic carbocycles. The smallest absolute Gasteiger partial charge is 0.0355 e. The average molecular weight is 205 g/mol. The summed E-state index contributed by atoms with van der Waals surface area (Å²) in [6, 6.07) is 6.61. The Kier molecular flexibility index (Phi) is 2.97. The molecule has 15 heavy (non-hydrogen) atoms. The molecule has 0 fully saturated rings.